The Labute approximate surface area is 196 Å². The van der Waals surface area contributed by atoms with E-state index in [1.54, 1.807) is 19.9 Å². The fraction of sp³-hybridized carbons (Fsp3) is 0.391. The predicted molar refractivity (Wildman–Crippen MR) is 129 cm³/mol. The molecule has 1 saturated carbocycles. The van der Waals surface area contributed by atoms with Crippen molar-refractivity contribution in [1.82, 2.24) is 15.3 Å². The number of nitrogens with zero attached hydrogens (tertiary/aromatic N) is 3. The molecule has 0 unspecified atom stereocenters. The zero-order chi connectivity index (χ0) is 24.9. The molecule has 34 heavy (non-hydrogen) atoms. The Bertz CT molecular complexity index is 1370. The Morgan fingerprint density at radius 2 is 2.09 bits per heavy atom. The molecular weight excluding hydrogens is 462 g/mol. The van der Waals surface area contributed by atoms with Gasteiger partial charge in [-0.25, -0.2) is 32.2 Å². The summed E-state index contributed by atoms with van der Waals surface area (Å²) in [6, 6.07) is 2.94. The number of halogens is 2. The van der Waals surface area contributed by atoms with Crippen LogP contribution in [0.5, 0.6) is 0 Å². The number of hydrogen-bond acceptors (Lipinski definition) is 6. The van der Waals surface area contributed by atoms with E-state index in [2.05, 4.69) is 32.2 Å². The molecule has 180 valence electrons. The van der Waals surface area contributed by atoms with Crippen molar-refractivity contribution in [2.45, 2.75) is 43.9 Å². The lowest BCUT2D eigenvalue weighted by Gasteiger charge is -2.45. The lowest BCUT2D eigenvalue weighted by atomic mass is 9.91. The minimum Gasteiger partial charge on any atom is -0.362 e. The first-order valence-corrected chi connectivity index (χ1v) is 12.4. The van der Waals surface area contributed by atoms with Gasteiger partial charge >= 0.3 is 0 Å². The molecule has 1 aliphatic heterocycles. The van der Waals surface area contributed by atoms with Gasteiger partial charge in [-0.1, -0.05) is 6.58 Å². The lowest BCUT2D eigenvalue weighted by molar-refractivity contribution is 0.450. The molecule has 2 aromatic rings. The number of hydrogen-bond donors (Lipinski definition) is 3. The van der Waals surface area contributed by atoms with Gasteiger partial charge in [-0.2, -0.15) is 0 Å². The van der Waals surface area contributed by atoms with E-state index < -0.39 is 31.8 Å². The SMILES string of the molecule is C=C(/C(F)=C\N=C(/C)Nc1nccc2cc(F)cnc12)[C@]1(C)CS(=O)(=O)[C@@](C)(C2CC2)C(=N)N1. The first-order chi connectivity index (χ1) is 15.9. The van der Waals surface area contributed by atoms with Crippen molar-refractivity contribution < 1.29 is 17.2 Å². The highest BCUT2D eigenvalue weighted by Crippen LogP contribution is 2.48. The summed E-state index contributed by atoms with van der Waals surface area (Å²) < 4.78 is 53.3. The van der Waals surface area contributed by atoms with E-state index in [1.807, 2.05) is 0 Å². The average Bonchev–Trinajstić information content (AvgIpc) is 3.60. The van der Waals surface area contributed by atoms with Gasteiger partial charge in [0, 0.05) is 17.2 Å². The highest BCUT2D eigenvalue weighted by molar-refractivity contribution is 7.93. The summed E-state index contributed by atoms with van der Waals surface area (Å²) in [6.07, 6.45) is 4.99. The van der Waals surface area contributed by atoms with E-state index in [1.165, 1.54) is 19.2 Å². The largest absolute Gasteiger partial charge is 0.362 e. The highest BCUT2D eigenvalue weighted by Gasteiger charge is 2.60. The summed E-state index contributed by atoms with van der Waals surface area (Å²) in [5.74, 6) is -1.30. The third-order valence-corrected chi connectivity index (χ3v) is 9.36. The number of aromatic nitrogens is 2. The summed E-state index contributed by atoms with van der Waals surface area (Å²) in [5, 5.41) is 14.7. The maximum absolute atomic E-state index is 15.0. The van der Waals surface area contributed by atoms with Crippen LogP contribution in [0.3, 0.4) is 0 Å². The Morgan fingerprint density at radius 1 is 1.38 bits per heavy atom. The third-order valence-electron chi connectivity index (χ3n) is 6.57. The first-order valence-electron chi connectivity index (χ1n) is 10.7. The van der Waals surface area contributed by atoms with Gasteiger partial charge in [0.05, 0.1) is 23.7 Å². The fourth-order valence-corrected chi connectivity index (χ4v) is 6.61. The molecule has 1 saturated heterocycles. The number of sulfone groups is 1. The monoisotopic (exact) mass is 488 g/mol. The molecule has 0 bridgehead atoms. The molecule has 11 heteroatoms. The minimum absolute atomic E-state index is 0.0947. The van der Waals surface area contributed by atoms with Crippen molar-refractivity contribution in [1.29, 1.82) is 5.41 Å². The second-order valence-corrected chi connectivity index (χ2v) is 11.5. The molecule has 2 aromatic heterocycles. The van der Waals surface area contributed by atoms with Crippen molar-refractivity contribution in [2.75, 3.05) is 11.1 Å². The minimum atomic E-state index is -3.72. The molecule has 4 rings (SSSR count). The number of aliphatic imine (C=N–C) groups is 1. The molecule has 2 aliphatic rings. The number of fused-ring (bicyclic) bond motifs is 1. The van der Waals surface area contributed by atoms with Crippen LogP contribution < -0.4 is 10.6 Å². The molecule has 3 N–H and O–H groups in total. The van der Waals surface area contributed by atoms with Crippen LogP contribution in [-0.2, 0) is 9.84 Å². The molecule has 3 heterocycles. The van der Waals surface area contributed by atoms with Crippen LogP contribution in [0, 0.1) is 17.1 Å². The van der Waals surface area contributed by atoms with Crippen LogP contribution in [0.15, 0.2) is 53.7 Å². The Morgan fingerprint density at radius 3 is 2.74 bits per heavy atom. The predicted octanol–water partition coefficient (Wildman–Crippen LogP) is 3.89. The van der Waals surface area contributed by atoms with E-state index in [4.69, 9.17) is 5.41 Å². The van der Waals surface area contributed by atoms with Crippen LogP contribution >= 0.6 is 0 Å². The Kier molecular flexibility index (Phi) is 5.79. The zero-order valence-electron chi connectivity index (χ0n) is 19.1. The molecule has 0 aromatic carbocycles. The summed E-state index contributed by atoms with van der Waals surface area (Å²) in [5.41, 5.74) is -1.07. The summed E-state index contributed by atoms with van der Waals surface area (Å²) in [7, 11) is -3.72. The van der Waals surface area contributed by atoms with Crippen molar-refractivity contribution in [3.05, 3.63) is 54.5 Å². The molecule has 1 aliphatic carbocycles. The van der Waals surface area contributed by atoms with E-state index in [9.17, 15) is 12.8 Å². The van der Waals surface area contributed by atoms with Crippen molar-refractivity contribution in [2.24, 2.45) is 10.9 Å². The Hall–Kier alpha value is -3.21. The molecule has 0 radical (unpaired) electrons. The Balaban J connectivity index is 1.53. The van der Waals surface area contributed by atoms with Crippen LogP contribution in [0.4, 0.5) is 14.6 Å². The fourth-order valence-electron chi connectivity index (χ4n) is 4.20. The molecule has 0 amide bonds. The number of pyridine rings is 2. The van der Waals surface area contributed by atoms with E-state index in [0.717, 1.165) is 25.2 Å². The van der Waals surface area contributed by atoms with Crippen LogP contribution in [-0.4, -0.2) is 46.1 Å². The second kappa shape index (κ2) is 8.23. The van der Waals surface area contributed by atoms with Gasteiger partial charge in [0.25, 0.3) is 0 Å². The van der Waals surface area contributed by atoms with E-state index in [-0.39, 0.29) is 28.9 Å². The quantitative estimate of drug-likeness (QED) is 0.334. The first kappa shape index (κ1) is 23.9. The average molecular weight is 489 g/mol. The van der Waals surface area contributed by atoms with Crippen LogP contribution in [0.2, 0.25) is 0 Å². The number of amidine groups is 2. The van der Waals surface area contributed by atoms with Gasteiger partial charge in [0.2, 0.25) is 0 Å². The van der Waals surface area contributed by atoms with Gasteiger partial charge in [0.1, 0.15) is 33.6 Å². The number of anilines is 1. The van der Waals surface area contributed by atoms with E-state index in [0.29, 0.717) is 16.7 Å². The summed E-state index contributed by atoms with van der Waals surface area (Å²) in [6.45, 7) is 8.41. The second-order valence-electron chi connectivity index (χ2n) is 9.15. The lowest BCUT2D eigenvalue weighted by Crippen LogP contribution is -2.67. The topological polar surface area (TPSA) is 120 Å². The maximum Gasteiger partial charge on any atom is 0.165 e. The van der Waals surface area contributed by atoms with Gasteiger partial charge in [-0.05, 0) is 51.7 Å². The number of rotatable bonds is 5. The summed E-state index contributed by atoms with van der Waals surface area (Å²) in [4.78, 5) is 12.3. The highest BCUT2D eigenvalue weighted by atomic mass is 32.2. The third kappa shape index (κ3) is 4.08. The van der Waals surface area contributed by atoms with Gasteiger partial charge < -0.3 is 10.6 Å². The van der Waals surface area contributed by atoms with E-state index >= 15 is 4.39 Å². The molecule has 2 fully saturated rings. The van der Waals surface area contributed by atoms with Gasteiger partial charge in [0.15, 0.2) is 15.7 Å². The van der Waals surface area contributed by atoms with Crippen molar-refractivity contribution >= 4 is 38.2 Å². The summed E-state index contributed by atoms with van der Waals surface area (Å²) >= 11 is 0. The molecule has 2 atom stereocenters. The molecule has 8 nitrogen and oxygen atoms in total. The maximum atomic E-state index is 15.0. The van der Waals surface area contributed by atoms with Gasteiger partial charge in [-0.3, -0.25) is 5.41 Å². The normalized spacial score (nSPS) is 27.4. The standard InChI is InChI=1S/C23H26F2N6O2S/c1-13(22(3)12-34(32,33)23(4,16-5-6-16)21(26)31-22)18(25)11-28-14(2)30-20-19-15(7-8-27-20)9-17(24)10-29-19/h7-11,16H,1,5-6,12H2,2-4H3,(H2,26,31)(H,27,28,30)/b18-11+/t22-,23-/m0/s1. The zero-order valence-corrected chi connectivity index (χ0v) is 19.9. The van der Waals surface area contributed by atoms with Crippen LogP contribution in [0.25, 0.3) is 10.9 Å². The molecular formula is C23H26F2N6O2S. The van der Waals surface area contributed by atoms with Gasteiger partial charge in [-0.15, -0.1) is 0 Å². The smallest absolute Gasteiger partial charge is 0.165 e. The van der Waals surface area contributed by atoms with Crippen molar-refractivity contribution in [3.63, 3.8) is 0 Å². The molecule has 0 spiro atoms. The number of nitrogens with one attached hydrogen (secondary N) is 3. The van der Waals surface area contributed by atoms with Crippen molar-refractivity contribution in [3.8, 4) is 0 Å². The van der Waals surface area contributed by atoms with Crippen LogP contribution in [0.1, 0.15) is 33.6 Å².